The molecular formula is C9H3Cl2F3N2O. The van der Waals surface area contributed by atoms with Crippen molar-refractivity contribution >= 4 is 34.2 Å². The summed E-state index contributed by atoms with van der Waals surface area (Å²) >= 11 is 11.2. The van der Waals surface area contributed by atoms with Gasteiger partial charge in [-0.2, -0.15) is 0 Å². The van der Waals surface area contributed by atoms with Gasteiger partial charge in [0.2, 0.25) is 0 Å². The van der Waals surface area contributed by atoms with Crippen molar-refractivity contribution in [3.8, 4) is 5.75 Å². The molecule has 0 aliphatic rings. The minimum absolute atomic E-state index is 0.0105. The van der Waals surface area contributed by atoms with E-state index in [0.29, 0.717) is 5.52 Å². The zero-order valence-corrected chi connectivity index (χ0v) is 9.44. The van der Waals surface area contributed by atoms with Crippen LogP contribution in [0.15, 0.2) is 18.2 Å². The molecule has 0 N–H and O–H groups in total. The Bertz CT molecular complexity index is 574. The largest absolute Gasteiger partial charge is 0.573 e. The molecule has 0 saturated carbocycles. The monoisotopic (exact) mass is 282 g/mol. The number of nitrogens with zero attached hydrogens (tertiary/aromatic N) is 2. The first-order chi connectivity index (χ1) is 7.85. The molecule has 1 aromatic heterocycles. The predicted octanol–water partition coefficient (Wildman–Crippen LogP) is 3.84. The summed E-state index contributed by atoms with van der Waals surface area (Å²) in [4.78, 5) is 7.64. The SMILES string of the molecule is FC(F)(F)Oc1ccc2nc(Cl)c(Cl)nc2c1. The van der Waals surface area contributed by atoms with Crippen LogP contribution in [-0.4, -0.2) is 16.3 Å². The smallest absolute Gasteiger partial charge is 0.406 e. The first-order valence-corrected chi connectivity index (χ1v) is 4.99. The molecule has 0 unspecified atom stereocenters. The van der Waals surface area contributed by atoms with Gasteiger partial charge in [-0.05, 0) is 12.1 Å². The predicted molar refractivity (Wildman–Crippen MR) is 56.2 cm³/mol. The summed E-state index contributed by atoms with van der Waals surface area (Å²) < 4.78 is 39.7. The van der Waals surface area contributed by atoms with Gasteiger partial charge in [0.05, 0.1) is 11.0 Å². The molecule has 17 heavy (non-hydrogen) atoms. The van der Waals surface area contributed by atoms with E-state index in [2.05, 4.69) is 14.7 Å². The van der Waals surface area contributed by atoms with Gasteiger partial charge in [-0.3, -0.25) is 0 Å². The van der Waals surface area contributed by atoms with E-state index >= 15 is 0 Å². The Morgan fingerprint density at radius 3 is 2.18 bits per heavy atom. The molecule has 2 rings (SSSR count). The lowest BCUT2D eigenvalue weighted by Crippen LogP contribution is -2.17. The van der Waals surface area contributed by atoms with E-state index < -0.39 is 12.1 Å². The van der Waals surface area contributed by atoms with E-state index in [1.54, 1.807) is 0 Å². The second-order valence-corrected chi connectivity index (χ2v) is 3.72. The van der Waals surface area contributed by atoms with Crippen molar-refractivity contribution in [3.05, 3.63) is 28.5 Å². The lowest BCUT2D eigenvalue weighted by atomic mass is 10.3. The summed E-state index contributed by atoms with van der Waals surface area (Å²) in [7, 11) is 0. The van der Waals surface area contributed by atoms with E-state index in [4.69, 9.17) is 23.2 Å². The number of hydrogen-bond donors (Lipinski definition) is 0. The number of aromatic nitrogens is 2. The molecule has 0 spiro atoms. The molecule has 0 atom stereocenters. The van der Waals surface area contributed by atoms with Crippen LogP contribution in [0.25, 0.3) is 11.0 Å². The molecule has 0 aliphatic carbocycles. The summed E-state index contributed by atoms with van der Waals surface area (Å²) in [6.45, 7) is 0. The summed E-state index contributed by atoms with van der Waals surface area (Å²) in [5, 5.41) is -0.0908. The second kappa shape index (κ2) is 4.19. The summed E-state index contributed by atoms with van der Waals surface area (Å²) in [6.07, 6.45) is -4.75. The van der Waals surface area contributed by atoms with Gasteiger partial charge in [-0.15, -0.1) is 13.2 Å². The minimum Gasteiger partial charge on any atom is -0.406 e. The average molecular weight is 283 g/mol. The third kappa shape index (κ3) is 2.89. The highest BCUT2D eigenvalue weighted by Gasteiger charge is 2.31. The molecule has 0 amide bonds. The normalized spacial score (nSPS) is 11.8. The van der Waals surface area contributed by atoms with Crippen LogP contribution in [0.5, 0.6) is 5.75 Å². The van der Waals surface area contributed by atoms with E-state index in [9.17, 15) is 13.2 Å². The first kappa shape index (κ1) is 12.2. The van der Waals surface area contributed by atoms with Crippen molar-refractivity contribution in [1.82, 2.24) is 9.97 Å². The van der Waals surface area contributed by atoms with Crippen molar-refractivity contribution in [2.75, 3.05) is 0 Å². The Morgan fingerprint density at radius 2 is 1.59 bits per heavy atom. The van der Waals surface area contributed by atoms with E-state index in [0.717, 1.165) is 12.1 Å². The Labute approximate surface area is 103 Å². The molecule has 0 radical (unpaired) electrons. The van der Waals surface area contributed by atoms with E-state index in [1.807, 2.05) is 0 Å². The molecule has 8 heteroatoms. The van der Waals surface area contributed by atoms with Crippen LogP contribution in [0, 0.1) is 0 Å². The van der Waals surface area contributed by atoms with Crippen molar-refractivity contribution in [2.45, 2.75) is 6.36 Å². The van der Waals surface area contributed by atoms with Crippen LogP contribution in [0.3, 0.4) is 0 Å². The Hall–Kier alpha value is -1.27. The van der Waals surface area contributed by atoms with Gasteiger partial charge in [-0.1, -0.05) is 23.2 Å². The minimum atomic E-state index is -4.75. The first-order valence-electron chi connectivity index (χ1n) is 4.24. The molecule has 3 nitrogen and oxygen atoms in total. The molecular weight excluding hydrogens is 280 g/mol. The molecule has 0 fully saturated rings. The zero-order chi connectivity index (χ0) is 12.6. The topological polar surface area (TPSA) is 35.0 Å². The number of rotatable bonds is 1. The van der Waals surface area contributed by atoms with Crippen LogP contribution in [0.2, 0.25) is 10.3 Å². The Kier molecular flexibility index (Phi) is 3.01. The van der Waals surface area contributed by atoms with Gasteiger partial charge in [0, 0.05) is 6.07 Å². The molecule has 1 aromatic carbocycles. The van der Waals surface area contributed by atoms with Crippen LogP contribution in [0.1, 0.15) is 0 Å². The number of ether oxygens (including phenoxy) is 1. The van der Waals surface area contributed by atoms with Crippen molar-refractivity contribution in [3.63, 3.8) is 0 Å². The summed E-state index contributed by atoms with van der Waals surface area (Å²) in [5.41, 5.74) is 0.495. The lowest BCUT2D eigenvalue weighted by molar-refractivity contribution is -0.274. The van der Waals surface area contributed by atoms with Crippen molar-refractivity contribution < 1.29 is 17.9 Å². The van der Waals surface area contributed by atoms with Crippen LogP contribution in [-0.2, 0) is 0 Å². The maximum Gasteiger partial charge on any atom is 0.573 e. The molecule has 1 heterocycles. The van der Waals surface area contributed by atoms with Gasteiger partial charge in [0.1, 0.15) is 5.75 Å². The molecule has 0 saturated heterocycles. The van der Waals surface area contributed by atoms with E-state index in [1.165, 1.54) is 6.07 Å². The highest BCUT2D eigenvalue weighted by molar-refractivity contribution is 6.40. The quantitative estimate of drug-likeness (QED) is 0.797. The van der Waals surface area contributed by atoms with Crippen LogP contribution in [0.4, 0.5) is 13.2 Å². The van der Waals surface area contributed by atoms with Gasteiger partial charge < -0.3 is 4.74 Å². The zero-order valence-electron chi connectivity index (χ0n) is 7.92. The fraction of sp³-hybridized carbons (Fsp3) is 0.111. The molecule has 90 valence electrons. The third-order valence-corrected chi connectivity index (χ3v) is 2.41. The Morgan fingerprint density at radius 1 is 1.00 bits per heavy atom. The fourth-order valence-electron chi connectivity index (χ4n) is 1.19. The maximum atomic E-state index is 12.0. The average Bonchev–Trinajstić information content (AvgIpc) is 2.18. The summed E-state index contributed by atoms with van der Waals surface area (Å²) in [5.74, 6) is -0.391. The van der Waals surface area contributed by atoms with Crippen molar-refractivity contribution in [2.24, 2.45) is 0 Å². The van der Waals surface area contributed by atoms with Gasteiger partial charge in [0.25, 0.3) is 0 Å². The number of fused-ring (bicyclic) bond motifs is 1. The second-order valence-electron chi connectivity index (χ2n) is 3.00. The number of alkyl halides is 3. The van der Waals surface area contributed by atoms with Gasteiger partial charge >= 0.3 is 6.36 Å². The van der Waals surface area contributed by atoms with Crippen LogP contribution < -0.4 is 4.74 Å². The number of benzene rings is 1. The van der Waals surface area contributed by atoms with Gasteiger partial charge in [0.15, 0.2) is 10.3 Å². The standard InChI is InChI=1S/C9H3Cl2F3N2O/c10-7-8(11)16-6-3-4(17-9(12,13)14)1-2-5(6)15-7/h1-3H. The molecule has 0 bridgehead atoms. The van der Waals surface area contributed by atoms with E-state index in [-0.39, 0.29) is 15.8 Å². The third-order valence-electron chi connectivity index (χ3n) is 1.79. The fourth-order valence-corrected chi connectivity index (χ4v) is 1.45. The molecule has 0 aliphatic heterocycles. The van der Waals surface area contributed by atoms with Gasteiger partial charge in [-0.25, -0.2) is 9.97 Å². The Balaban J connectivity index is 2.47. The highest BCUT2D eigenvalue weighted by Crippen LogP contribution is 2.27. The number of halogens is 5. The number of hydrogen-bond acceptors (Lipinski definition) is 3. The lowest BCUT2D eigenvalue weighted by Gasteiger charge is -2.09. The van der Waals surface area contributed by atoms with Crippen molar-refractivity contribution in [1.29, 1.82) is 0 Å². The maximum absolute atomic E-state index is 12.0. The summed E-state index contributed by atoms with van der Waals surface area (Å²) in [6, 6.07) is 3.51. The molecule has 2 aromatic rings. The van der Waals surface area contributed by atoms with Crippen LogP contribution >= 0.6 is 23.2 Å². The highest BCUT2D eigenvalue weighted by atomic mass is 35.5.